The highest BCUT2D eigenvalue weighted by Gasteiger charge is 2.47. The number of rotatable bonds is 6. The maximum Gasteiger partial charge on any atom is 0.331 e. The molecular weight excluding hydrogens is 346 g/mol. The van der Waals surface area contributed by atoms with Gasteiger partial charge in [0.25, 0.3) is 0 Å². The molecule has 2 fully saturated rings. The highest BCUT2D eigenvalue weighted by Crippen LogP contribution is 2.57. The lowest BCUT2D eigenvalue weighted by atomic mass is 9.76. The van der Waals surface area contributed by atoms with E-state index in [1.54, 1.807) is 0 Å². The molecule has 1 spiro atoms. The van der Waals surface area contributed by atoms with Crippen molar-refractivity contribution in [1.82, 2.24) is 0 Å². The summed E-state index contributed by atoms with van der Waals surface area (Å²) in [6.07, 6.45) is 7.34. The number of esters is 1. The smallest absolute Gasteiger partial charge is 0.331 e. The van der Waals surface area contributed by atoms with Crippen LogP contribution in [0.3, 0.4) is 0 Å². The second-order valence-electron chi connectivity index (χ2n) is 8.24. The Morgan fingerprint density at radius 2 is 1.50 bits per heavy atom. The Kier molecular flexibility index (Phi) is 5.61. The van der Waals surface area contributed by atoms with Gasteiger partial charge in [0.15, 0.2) is 6.04 Å². The minimum atomic E-state index is -0.425. The number of benzene rings is 2. The van der Waals surface area contributed by atoms with E-state index in [-0.39, 0.29) is 11.9 Å². The van der Waals surface area contributed by atoms with Gasteiger partial charge in [-0.15, -0.1) is 0 Å². The van der Waals surface area contributed by atoms with E-state index >= 15 is 0 Å². The monoisotopic (exact) mass is 375 g/mol. The predicted octanol–water partition coefficient (Wildman–Crippen LogP) is 5.43. The van der Waals surface area contributed by atoms with Crippen molar-refractivity contribution in [1.29, 1.82) is 0 Å². The van der Waals surface area contributed by atoms with Gasteiger partial charge in [-0.05, 0) is 56.8 Å². The SMILES string of the molecule is CCOC(=O)C(N=C(c1ccccc1)c1ccccc1)C1CCC2(CC1)CC2. The molecule has 146 valence electrons. The molecule has 3 nitrogen and oxygen atoms in total. The first-order chi connectivity index (χ1) is 13.7. The Morgan fingerprint density at radius 1 is 0.964 bits per heavy atom. The summed E-state index contributed by atoms with van der Waals surface area (Å²) in [4.78, 5) is 18.0. The van der Waals surface area contributed by atoms with Crippen molar-refractivity contribution in [2.75, 3.05) is 6.61 Å². The largest absolute Gasteiger partial charge is 0.464 e. The number of aliphatic imine (C=N–C) groups is 1. The first-order valence-corrected chi connectivity index (χ1v) is 10.6. The van der Waals surface area contributed by atoms with E-state index in [1.165, 1.54) is 25.7 Å². The standard InChI is InChI=1S/C25H29NO2/c1-2-28-24(27)23(21-13-15-25(16-14-21)17-18-25)26-22(19-9-5-3-6-10-19)20-11-7-4-8-12-20/h3-12,21,23H,2,13-18H2,1H3. The van der Waals surface area contributed by atoms with Gasteiger partial charge in [-0.2, -0.15) is 0 Å². The fourth-order valence-electron chi connectivity index (χ4n) is 4.47. The second kappa shape index (κ2) is 8.30. The molecule has 3 heteroatoms. The molecule has 0 aliphatic heterocycles. The zero-order chi connectivity index (χ0) is 19.4. The molecule has 1 atom stereocenters. The Labute approximate surface area is 167 Å². The highest BCUT2D eigenvalue weighted by atomic mass is 16.5. The summed E-state index contributed by atoms with van der Waals surface area (Å²) in [5, 5.41) is 0. The molecule has 0 N–H and O–H groups in total. The molecule has 0 radical (unpaired) electrons. The van der Waals surface area contributed by atoms with Gasteiger partial charge < -0.3 is 4.74 Å². The minimum Gasteiger partial charge on any atom is -0.464 e. The molecular formula is C25H29NO2. The van der Waals surface area contributed by atoms with Crippen molar-refractivity contribution in [2.24, 2.45) is 16.3 Å². The summed E-state index contributed by atoms with van der Waals surface area (Å²) in [7, 11) is 0. The molecule has 1 unspecified atom stereocenters. The van der Waals surface area contributed by atoms with Crippen LogP contribution in [0, 0.1) is 11.3 Å². The van der Waals surface area contributed by atoms with Crippen LogP contribution >= 0.6 is 0 Å². The normalized spacial score (nSPS) is 19.0. The summed E-state index contributed by atoms with van der Waals surface area (Å²) in [6.45, 7) is 2.27. The van der Waals surface area contributed by atoms with Crippen LogP contribution < -0.4 is 0 Å². The molecule has 0 aromatic heterocycles. The molecule has 28 heavy (non-hydrogen) atoms. The van der Waals surface area contributed by atoms with Gasteiger partial charge >= 0.3 is 5.97 Å². The van der Waals surface area contributed by atoms with Gasteiger partial charge in [-0.1, -0.05) is 60.7 Å². The van der Waals surface area contributed by atoms with Crippen molar-refractivity contribution in [3.05, 3.63) is 71.8 Å². The van der Waals surface area contributed by atoms with Crippen LogP contribution in [0.2, 0.25) is 0 Å². The van der Waals surface area contributed by atoms with Crippen LogP contribution in [0.5, 0.6) is 0 Å². The molecule has 2 aromatic rings. The summed E-state index contributed by atoms with van der Waals surface area (Å²) < 4.78 is 5.45. The van der Waals surface area contributed by atoms with E-state index in [0.29, 0.717) is 12.0 Å². The van der Waals surface area contributed by atoms with Crippen LogP contribution in [-0.4, -0.2) is 24.3 Å². The fourth-order valence-corrected chi connectivity index (χ4v) is 4.47. The summed E-state index contributed by atoms with van der Waals surface area (Å²) >= 11 is 0. The third kappa shape index (κ3) is 4.19. The maximum atomic E-state index is 12.9. The second-order valence-corrected chi connectivity index (χ2v) is 8.24. The highest BCUT2D eigenvalue weighted by molar-refractivity contribution is 6.13. The van der Waals surface area contributed by atoms with E-state index in [1.807, 2.05) is 43.3 Å². The van der Waals surface area contributed by atoms with E-state index < -0.39 is 6.04 Å². The minimum absolute atomic E-state index is 0.177. The van der Waals surface area contributed by atoms with E-state index in [2.05, 4.69) is 24.3 Å². The van der Waals surface area contributed by atoms with Crippen LogP contribution in [0.4, 0.5) is 0 Å². The predicted molar refractivity (Wildman–Crippen MR) is 113 cm³/mol. The van der Waals surface area contributed by atoms with Crippen molar-refractivity contribution >= 4 is 11.7 Å². The fraction of sp³-hybridized carbons (Fsp3) is 0.440. The van der Waals surface area contributed by atoms with Gasteiger partial charge in [0.05, 0.1) is 12.3 Å². The Morgan fingerprint density at radius 3 is 1.96 bits per heavy atom. The van der Waals surface area contributed by atoms with Crippen LogP contribution in [0.25, 0.3) is 0 Å². The van der Waals surface area contributed by atoms with Crippen LogP contribution in [-0.2, 0) is 9.53 Å². The molecule has 2 saturated carbocycles. The maximum absolute atomic E-state index is 12.9. The van der Waals surface area contributed by atoms with Gasteiger partial charge in [-0.25, -0.2) is 4.79 Å². The van der Waals surface area contributed by atoms with Gasteiger partial charge in [-0.3, -0.25) is 4.99 Å². The number of nitrogens with zero attached hydrogens (tertiary/aromatic N) is 1. The molecule has 0 saturated heterocycles. The molecule has 4 rings (SSSR count). The van der Waals surface area contributed by atoms with Crippen molar-refractivity contribution in [2.45, 2.75) is 51.5 Å². The van der Waals surface area contributed by atoms with Crippen molar-refractivity contribution in [3.63, 3.8) is 0 Å². The lowest BCUT2D eigenvalue weighted by Gasteiger charge is -2.31. The van der Waals surface area contributed by atoms with Crippen LogP contribution in [0.15, 0.2) is 65.7 Å². The van der Waals surface area contributed by atoms with Crippen molar-refractivity contribution in [3.8, 4) is 0 Å². The molecule has 0 heterocycles. The Balaban J connectivity index is 1.69. The quantitative estimate of drug-likeness (QED) is 0.499. The third-order valence-corrected chi connectivity index (χ3v) is 6.39. The van der Waals surface area contributed by atoms with Crippen LogP contribution in [0.1, 0.15) is 56.6 Å². The first kappa shape index (κ1) is 18.9. The zero-order valence-electron chi connectivity index (χ0n) is 16.6. The zero-order valence-corrected chi connectivity index (χ0v) is 16.6. The average molecular weight is 376 g/mol. The molecule has 2 aliphatic rings. The Bertz CT molecular complexity index is 773. The van der Waals surface area contributed by atoms with E-state index in [9.17, 15) is 4.79 Å². The number of carbonyl (C=O) groups excluding carboxylic acids is 1. The molecule has 0 amide bonds. The summed E-state index contributed by atoms with van der Waals surface area (Å²) in [5.74, 6) is 0.0938. The number of hydrogen-bond acceptors (Lipinski definition) is 3. The Hall–Kier alpha value is -2.42. The number of ether oxygens (including phenoxy) is 1. The van der Waals surface area contributed by atoms with Gasteiger partial charge in [0.2, 0.25) is 0 Å². The van der Waals surface area contributed by atoms with Gasteiger partial charge in [0.1, 0.15) is 0 Å². The number of hydrogen-bond donors (Lipinski definition) is 0. The average Bonchev–Trinajstić information content (AvgIpc) is 3.50. The molecule has 0 bridgehead atoms. The summed E-state index contributed by atoms with van der Waals surface area (Å²) in [6, 6.07) is 19.9. The third-order valence-electron chi connectivity index (χ3n) is 6.39. The van der Waals surface area contributed by atoms with E-state index in [0.717, 1.165) is 29.7 Å². The van der Waals surface area contributed by atoms with Crippen molar-refractivity contribution < 1.29 is 9.53 Å². The topological polar surface area (TPSA) is 38.7 Å². The number of carbonyl (C=O) groups is 1. The summed E-state index contributed by atoms with van der Waals surface area (Å²) in [5.41, 5.74) is 3.56. The first-order valence-electron chi connectivity index (χ1n) is 10.6. The molecule has 2 aromatic carbocycles. The lowest BCUT2D eigenvalue weighted by Crippen LogP contribution is -2.34. The van der Waals surface area contributed by atoms with Gasteiger partial charge in [0, 0.05) is 11.1 Å². The van der Waals surface area contributed by atoms with E-state index in [4.69, 9.17) is 9.73 Å². The molecule has 2 aliphatic carbocycles. The lowest BCUT2D eigenvalue weighted by molar-refractivity contribution is -0.146.